The Hall–Kier alpha value is -3.56. The molecule has 2 aliphatic rings. The SMILES string of the molecule is CCO[C@H]1C[C@@H](S(=O)(=O)Nc2nnc([C@@H]3CCCO3)n2-c2c(OC)cccc2OC)CN(c2ncc(F)cn2)C1. The molecule has 2 aromatic heterocycles. The second-order valence-corrected chi connectivity index (χ2v) is 11.4. The maximum absolute atomic E-state index is 13.9. The Kier molecular flexibility index (Phi) is 8.32. The summed E-state index contributed by atoms with van der Waals surface area (Å²) in [5, 5.41) is 7.63. The summed E-state index contributed by atoms with van der Waals surface area (Å²) in [5.41, 5.74) is 0.442. The Balaban J connectivity index is 1.52. The maximum atomic E-state index is 13.9. The van der Waals surface area contributed by atoms with Gasteiger partial charge < -0.3 is 23.8 Å². The summed E-state index contributed by atoms with van der Waals surface area (Å²) in [6.45, 7) is 3.23. The van der Waals surface area contributed by atoms with Crippen molar-refractivity contribution in [2.45, 2.75) is 43.6 Å². The van der Waals surface area contributed by atoms with Gasteiger partial charge in [-0.1, -0.05) is 6.07 Å². The molecule has 2 saturated heterocycles. The molecular formula is C25H32FN7O6S. The topological polar surface area (TPSA) is 143 Å². The molecule has 40 heavy (non-hydrogen) atoms. The first-order valence-corrected chi connectivity index (χ1v) is 14.5. The van der Waals surface area contributed by atoms with Crippen molar-refractivity contribution in [2.24, 2.45) is 0 Å². The standard InChI is InChI=1S/C25H32FN7O6S/c1-4-38-17-11-18(15-32(14-17)24-27-12-16(26)13-28-24)40(34,35)31-25-30-29-23(21-9-6-10-39-21)33(25)22-19(36-2)7-5-8-20(22)37-3/h5,7-8,12-13,17-18,21H,4,6,9-11,14-15H2,1-3H3,(H,30,31)/t17-,18+,21-/m0/s1. The third-order valence-electron chi connectivity index (χ3n) is 6.87. The monoisotopic (exact) mass is 577 g/mol. The van der Waals surface area contributed by atoms with E-state index in [1.807, 2.05) is 6.92 Å². The molecule has 0 radical (unpaired) electrons. The van der Waals surface area contributed by atoms with E-state index < -0.39 is 27.2 Å². The van der Waals surface area contributed by atoms with Gasteiger partial charge in [0.15, 0.2) is 11.6 Å². The van der Waals surface area contributed by atoms with Crippen LogP contribution in [-0.4, -0.2) is 85.0 Å². The van der Waals surface area contributed by atoms with Gasteiger partial charge in [-0.05, 0) is 38.3 Å². The molecule has 15 heteroatoms. The van der Waals surface area contributed by atoms with Crippen molar-refractivity contribution in [3.05, 3.63) is 42.2 Å². The molecule has 2 fully saturated rings. The molecule has 0 unspecified atom stereocenters. The molecule has 0 amide bonds. The highest BCUT2D eigenvalue weighted by atomic mass is 32.2. The summed E-state index contributed by atoms with van der Waals surface area (Å²) < 4.78 is 68.4. The van der Waals surface area contributed by atoms with Crippen LogP contribution in [0.2, 0.25) is 0 Å². The number of hydrogen-bond donors (Lipinski definition) is 1. The molecule has 1 N–H and O–H groups in total. The van der Waals surface area contributed by atoms with Gasteiger partial charge in [0.2, 0.25) is 21.9 Å². The van der Waals surface area contributed by atoms with Crippen LogP contribution in [0.15, 0.2) is 30.6 Å². The smallest absolute Gasteiger partial charge is 0.243 e. The van der Waals surface area contributed by atoms with E-state index in [9.17, 15) is 12.8 Å². The van der Waals surface area contributed by atoms with Crippen LogP contribution in [0.25, 0.3) is 5.69 Å². The summed E-state index contributed by atoms with van der Waals surface area (Å²) in [5.74, 6) is 0.904. The molecule has 0 aliphatic carbocycles. The molecule has 216 valence electrons. The average Bonchev–Trinajstić information content (AvgIpc) is 3.63. The average molecular weight is 578 g/mol. The van der Waals surface area contributed by atoms with Crippen LogP contribution in [0.4, 0.5) is 16.3 Å². The van der Waals surface area contributed by atoms with Crippen LogP contribution in [0.3, 0.4) is 0 Å². The first kappa shape index (κ1) is 28.0. The number of benzene rings is 1. The number of nitrogens with one attached hydrogen (secondary N) is 1. The number of methoxy groups -OCH3 is 2. The van der Waals surface area contributed by atoms with Gasteiger partial charge in [-0.3, -0.25) is 9.29 Å². The number of rotatable bonds is 10. The lowest BCUT2D eigenvalue weighted by Crippen LogP contribution is -2.51. The highest BCUT2D eigenvalue weighted by Crippen LogP contribution is 2.39. The molecule has 4 heterocycles. The van der Waals surface area contributed by atoms with Crippen molar-refractivity contribution >= 4 is 21.9 Å². The second-order valence-electron chi connectivity index (χ2n) is 9.42. The molecule has 0 bridgehead atoms. The van der Waals surface area contributed by atoms with Crippen LogP contribution < -0.4 is 19.1 Å². The molecule has 5 rings (SSSR count). The van der Waals surface area contributed by atoms with Crippen LogP contribution in [-0.2, 0) is 19.5 Å². The van der Waals surface area contributed by atoms with Crippen molar-refractivity contribution in [1.82, 2.24) is 24.7 Å². The van der Waals surface area contributed by atoms with Crippen molar-refractivity contribution < 1.29 is 31.8 Å². The van der Waals surface area contributed by atoms with Crippen LogP contribution in [0.1, 0.15) is 38.1 Å². The second kappa shape index (κ2) is 11.9. The number of aromatic nitrogens is 5. The Labute approximate surface area is 231 Å². The van der Waals surface area contributed by atoms with Crippen molar-refractivity contribution in [2.75, 3.05) is 50.1 Å². The Bertz CT molecular complexity index is 1390. The minimum atomic E-state index is -4.06. The number of hydrogen-bond acceptors (Lipinski definition) is 11. The van der Waals surface area contributed by atoms with Crippen molar-refractivity contribution in [3.8, 4) is 17.2 Å². The fourth-order valence-corrected chi connectivity index (χ4v) is 6.45. The molecule has 1 aromatic carbocycles. The summed E-state index contributed by atoms with van der Waals surface area (Å²) >= 11 is 0. The minimum absolute atomic E-state index is 0.0311. The number of sulfonamides is 1. The predicted octanol–water partition coefficient (Wildman–Crippen LogP) is 2.49. The van der Waals surface area contributed by atoms with Crippen molar-refractivity contribution in [3.63, 3.8) is 0 Å². The first-order valence-electron chi connectivity index (χ1n) is 13.0. The highest BCUT2D eigenvalue weighted by molar-refractivity contribution is 7.93. The molecule has 0 spiro atoms. The fourth-order valence-electron chi connectivity index (χ4n) is 5.06. The zero-order valence-corrected chi connectivity index (χ0v) is 23.3. The summed E-state index contributed by atoms with van der Waals surface area (Å²) in [4.78, 5) is 9.75. The van der Waals surface area contributed by atoms with Gasteiger partial charge in [0.25, 0.3) is 0 Å². The van der Waals surface area contributed by atoms with E-state index in [1.54, 1.807) is 27.7 Å². The Morgan fingerprint density at radius 1 is 1.12 bits per heavy atom. The van der Waals surface area contributed by atoms with Crippen LogP contribution in [0, 0.1) is 5.82 Å². The number of nitrogens with zero attached hydrogens (tertiary/aromatic N) is 6. The van der Waals surface area contributed by atoms with E-state index in [2.05, 4.69) is 24.9 Å². The zero-order chi connectivity index (χ0) is 28.3. The lowest BCUT2D eigenvalue weighted by atomic mass is 10.1. The number of halogens is 1. The molecule has 0 saturated carbocycles. The molecule has 3 atom stereocenters. The Morgan fingerprint density at radius 3 is 2.48 bits per heavy atom. The van der Waals surface area contributed by atoms with Crippen LogP contribution >= 0.6 is 0 Å². The molecule has 3 aromatic rings. The van der Waals surface area contributed by atoms with Crippen LogP contribution in [0.5, 0.6) is 11.5 Å². The zero-order valence-electron chi connectivity index (χ0n) is 22.5. The third kappa shape index (κ3) is 5.67. The summed E-state index contributed by atoms with van der Waals surface area (Å²) in [7, 11) is -1.04. The highest BCUT2D eigenvalue weighted by Gasteiger charge is 2.39. The number of anilines is 2. The molecular weight excluding hydrogens is 545 g/mol. The maximum Gasteiger partial charge on any atom is 0.243 e. The first-order chi connectivity index (χ1) is 19.3. The largest absolute Gasteiger partial charge is 0.494 e. The van der Waals surface area contributed by atoms with E-state index in [4.69, 9.17) is 18.9 Å². The van der Waals surface area contributed by atoms with Gasteiger partial charge in [-0.25, -0.2) is 22.8 Å². The normalized spacial score (nSPS) is 21.4. The number of piperidine rings is 1. The van der Waals surface area contributed by atoms with Gasteiger partial charge in [-0.15, -0.1) is 10.2 Å². The predicted molar refractivity (Wildman–Crippen MR) is 143 cm³/mol. The van der Waals surface area contributed by atoms with E-state index in [0.29, 0.717) is 49.2 Å². The fraction of sp³-hybridized carbons (Fsp3) is 0.520. The Morgan fingerprint density at radius 2 is 1.85 bits per heavy atom. The lowest BCUT2D eigenvalue weighted by molar-refractivity contribution is 0.0531. The van der Waals surface area contributed by atoms with Gasteiger partial charge in [-0.2, -0.15) is 0 Å². The van der Waals surface area contributed by atoms with Gasteiger partial charge in [0.1, 0.15) is 28.5 Å². The summed E-state index contributed by atoms with van der Waals surface area (Å²) in [6, 6.07) is 5.25. The van der Waals surface area contributed by atoms with Gasteiger partial charge >= 0.3 is 0 Å². The van der Waals surface area contributed by atoms with Gasteiger partial charge in [0.05, 0.1) is 32.7 Å². The minimum Gasteiger partial charge on any atom is -0.494 e. The van der Waals surface area contributed by atoms with E-state index in [1.165, 1.54) is 14.2 Å². The van der Waals surface area contributed by atoms with E-state index in [0.717, 1.165) is 18.8 Å². The number of para-hydroxylation sites is 1. The van der Waals surface area contributed by atoms with E-state index in [-0.39, 0.29) is 31.0 Å². The quantitative estimate of drug-likeness (QED) is 0.380. The molecule has 2 aliphatic heterocycles. The summed E-state index contributed by atoms with van der Waals surface area (Å²) in [6.07, 6.45) is 3.06. The van der Waals surface area contributed by atoms with Crippen molar-refractivity contribution in [1.29, 1.82) is 0 Å². The molecule has 13 nitrogen and oxygen atoms in total. The van der Waals surface area contributed by atoms with E-state index >= 15 is 0 Å². The lowest BCUT2D eigenvalue weighted by Gasteiger charge is -2.37. The van der Waals surface area contributed by atoms with Gasteiger partial charge in [0, 0.05) is 26.3 Å². The third-order valence-corrected chi connectivity index (χ3v) is 8.56. The number of ether oxygens (including phenoxy) is 4.